The van der Waals surface area contributed by atoms with Gasteiger partial charge >= 0.3 is 0 Å². The van der Waals surface area contributed by atoms with Crippen LogP contribution in [0.4, 0.5) is 0 Å². The molecule has 0 fully saturated rings. The summed E-state index contributed by atoms with van der Waals surface area (Å²) in [4.78, 5) is 0. The maximum atomic E-state index is 8.85. The van der Waals surface area contributed by atoms with Gasteiger partial charge in [0, 0.05) is 6.61 Å². The standard InChI is InChI=1S/C12H26O3/c1-4-6-7-12(5-2)10-14-8-9-15-11(3)13/h11-13H,4-10H2,1-3H3. The highest BCUT2D eigenvalue weighted by atomic mass is 16.6. The summed E-state index contributed by atoms with van der Waals surface area (Å²) in [5.41, 5.74) is 0. The zero-order chi connectivity index (χ0) is 11.5. The molecule has 2 unspecified atom stereocenters. The molecule has 2 atom stereocenters. The Hall–Kier alpha value is -0.120. The SMILES string of the molecule is CCCCC(CC)COCCOC(C)O. The van der Waals surface area contributed by atoms with Crippen LogP contribution < -0.4 is 0 Å². The average Bonchev–Trinajstić information content (AvgIpc) is 2.21. The Morgan fingerprint density at radius 2 is 1.93 bits per heavy atom. The van der Waals surface area contributed by atoms with Gasteiger partial charge in [0.05, 0.1) is 13.2 Å². The third kappa shape index (κ3) is 10.2. The van der Waals surface area contributed by atoms with Crippen LogP contribution in [0.2, 0.25) is 0 Å². The zero-order valence-electron chi connectivity index (χ0n) is 10.4. The Morgan fingerprint density at radius 3 is 2.47 bits per heavy atom. The first-order valence-corrected chi connectivity index (χ1v) is 6.08. The van der Waals surface area contributed by atoms with E-state index in [1.807, 2.05) is 0 Å². The van der Waals surface area contributed by atoms with E-state index in [2.05, 4.69) is 13.8 Å². The van der Waals surface area contributed by atoms with E-state index in [0.29, 0.717) is 19.1 Å². The minimum atomic E-state index is -0.685. The van der Waals surface area contributed by atoms with Crippen molar-refractivity contribution in [2.24, 2.45) is 5.92 Å². The van der Waals surface area contributed by atoms with E-state index in [-0.39, 0.29) is 0 Å². The van der Waals surface area contributed by atoms with Gasteiger partial charge in [0.2, 0.25) is 0 Å². The van der Waals surface area contributed by atoms with E-state index < -0.39 is 6.29 Å². The predicted octanol–water partition coefficient (Wildman–Crippen LogP) is 2.57. The Balaban J connectivity index is 3.30. The van der Waals surface area contributed by atoms with E-state index in [0.717, 1.165) is 6.61 Å². The summed E-state index contributed by atoms with van der Waals surface area (Å²) in [5, 5.41) is 8.85. The second-order valence-corrected chi connectivity index (χ2v) is 3.96. The molecule has 15 heavy (non-hydrogen) atoms. The van der Waals surface area contributed by atoms with Crippen molar-refractivity contribution in [3.8, 4) is 0 Å². The molecule has 3 heteroatoms. The van der Waals surface area contributed by atoms with Crippen LogP contribution in [0.15, 0.2) is 0 Å². The molecule has 0 saturated carbocycles. The van der Waals surface area contributed by atoms with Crippen LogP contribution in [0, 0.1) is 5.92 Å². The fraction of sp³-hybridized carbons (Fsp3) is 1.00. The van der Waals surface area contributed by atoms with E-state index in [9.17, 15) is 0 Å². The van der Waals surface area contributed by atoms with Crippen molar-refractivity contribution < 1.29 is 14.6 Å². The van der Waals surface area contributed by atoms with Gasteiger partial charge in [0.1, 0.15) is 0 Å². The average molecular weight is 218 g/mol. The second kappa shape index (κ2) is 10.4. The molecule has 0 amide bonds. The van der Waals surface area contributed by atoms with E-state index in [1.54, 1.807) is 6.92 Å². The van der Waals surface area contributed by atoms with Gasteiger partial charge in [-0.1, -0.05) is 33.1 Å². The van der Waals surface area contributed by atoms with Gasteiger partial charge < -0.3 is 14.6 Å². The minimum Gasteiger partial charge on any atom is -0.379 e. The third-order valence-corrected chi connectivity index (χ3v) is 2.48. The Labute approximate surface area is 93.8 Å². The van der Waals surface area contributed by atoms with Crippen LogP contribution in [-0.2, 0) is 9.47 Å². The quantitative estimate of drug-likeness (QED) is 0.452. The first-order chi connectivity index (χ1) is 7.20. The molecule has 0 spiro atoms. The lowest BCUT2D eigenvalue weighted by molar-refractivity contribution is -0.101. The molecular weight excluding hydrogens is 192 g/mol. The van der Waals surface area contributed by atoms with Gasteiger partial charge in [-0.2, -0.15) is 0 Å². The van der Waals surface area contributed by atoms with Gasteiger partial charge in [-0.3, -0.25) is 0 Å². The van der Waals surface area contributed by atoms with Gasteiger partial charge in [0.15, 0.2) is 6.29 Å². The zero-order valence-corrected chi connectivity index (χ0v) is 10.4. The van der Waals surface area contributed by atoms with Crippen molar-refractivity contribution in [3.05, 3.63) is 0 Å². The van der Waals surface area contributed by atoms with Crippen LogP contribution in [0.5, 0.6) is 0 Å². The molecule has 0 aliphatic carbocycles. The number of ether oxygens (including phenoxy) is 2. The smallest absolute Gasteiger partial charge is 0.151 e. The molecule has 0 aromatic heterocycles. The Bertz CT molecular complexity index is 126. The number of hydrogen-bond acceptors (Lipinski definition) is 3. The van der Waals surface area contributed by atoms with Gasteiger partial charge in [0.25, 0.3) is 0 Å². The van der Waals surface area contributed by atoms with Crippen molar-refractivity contribution >= 4 is 0 Å². The lowest BCUT2D eigenvalue weighted by Gasteiger charge is -2.14. The largest absolute Gasteiger partial charge is 0.379 e. The van der Waals surface area contributed by atoms with Crippen molar-refractivity contribution in [1.82, 2.24) is 0 Å². The van der Waals surface area contributed by atoms with Crippen LogP contribution >= 0.6 is 0 Å². The molecule has 92 valence electrons. The van der Waals surface area contributed by atoms with E-state index in [1.165, 1.54) is 25.7 Å². The number of hydrogen-bond donors (Lipinski definition) is 1. The Morgan fingerprint density at radius 1 is 1.20 bits per heavy atom. The predicted molar refractivity (Wildman–Crippen MR) is 61.8 cm³/mol. The lowest BCUT2D eigenvalue weighted by atomic mass is 10.0. The van der Waals surface area contributed by atoms with Crippen molar-refractivity contribution in [1.29, 1.82) is 0 Å². The molecule has 0 aliphatic rings. The summed E-state index contributed by atoms with van der Waals surface area (Å²) in [6.45, 7) is 7.89. The minimum absolute atomic E-state index is 0.474. The second-order valence-electron chi connectivity index (χ2n) is 3.96. The van der Waals surface area contributed by atoms with Gasteiger partial charge in [-0.05, 0) is 19.3 Å². The van der Waals surface area contributed by atoms with Crippen molar-refractivity contribution in [2.75, 3.05) is 19.8 Å². The molecule has 0 radical (unpaired) electrons. The molecule has 3 nitrogen and oxygen atoms in total. The number of unbranched alkanes of at least 4 members (excludes halogenated alkanes) is 1. The van der Waals surface area contributed by atoms with E-state index in [4.69, 9.17) is 14.6 Å². The molecule has 0 aromatic rings. The Kier molecular flexibility index (Phi) is 10.3. The number of aliphatic hydroxyl groups is 1. The molecular formula is C12H26O3. The molecule has 0 saturated heterocycles. The molecule has 0 aliphatic heterocycles. The monoisotopic (exact) mass is 218 g/mol. The summed E-state index contributed by atoms with van der Waals surface area (Å²) in [7, 11) is 0. The topological polar surface area (TPSA) is 38.7 Å². The molecule has 0 aromatic carbocycles. The number of aliphatic hydroxyl groups excluding tert-OH is 1. The molecule has 0 rings (SSSR count). The molecule has 0 bridgehead atoms. The molecule has 1 N–H and O–H groups in total. The molecule has 0 heterocycles. The fourth-order valence-corrected chi connectivity index (χ4v) is 1.43. The normalized spacial score (nSPS) is 15.2. The summed E-state index contributed by atoms with van der Waals surface area (Å²) >= 11 is 0. The number of rotatable bonds is 10. The third-order valence-electron chi connectivity index (χ3n) is 2.48. The van der Waals surface area contributed by atoms with Crippen molar-refractivity contribution in [3.63, 3.8) is 0 Å². The maximum Gasteiger partial charge on any atom is 0.151 e. The van der Waals surface area contributed by atoms with Crippen LogP contribution in [0.1, 0.15) is 46.5 Å². The highest BCUT2D eigenvalue weighted by Gasteiger charge is 2.05. The summed E-state index contributed by atoms with van der Waals surface area (Å²) in [5.74, 6) is 0.677. The van der Waals surface area contributed by atoms with Crippen LogP contribution in [-0.4, -0.2) is 31.2 Å². The van der Waals surface area contributed by atoms with Crippen LogP contribution in [0.25, 0.3) is 0 Å². The fourth-order valence-electron chi connectivity index (χ4n) is 1.43. The van der Waals surface area contributed by atoms with Crippen LogP contribution in [0.3, 0.4) is 0 Å². The summed E-state index contributed by atoms with van der Waals surface area (Å²) in [6, 6.07) is 0. The van der Waals surface area contributed by atoms with Crippen molar-refractivity contribution in [2.45, 2.75) is 52.7 Å². The van der Waals surface area contributed by atoms with Gasteiger partial charge in [-0.25, -0.2) is 0 Å². The summed E-state index contributed by atoms with van der Waals surface area (Å²) < 4.78 is 10.5. The first-order valence-electron chi connectivity index (χ1n) is 6.08. The highest BCUT2D eigenvalue weighted by molar-refractivity contribution is 4.55. The van der Waals surface area contributed by atoms with Gasteiger partial charge in [-0.15, -0.1) is 0 Å². The highest BCUT2D eigenvalue weighted by Crippen LogP contribution is 2.12. The first kappa shape index (κ1) is 14.9. The summed E-state index contributed by atoms with van der Waals surface area (Å²) in [6.07, 6.45) is 4.28. The lowest BCUT2D eigenvalue weighted by Crippen LogP contribution is -2.15. The maximum absolute atomic E-state index is 8.85. The van der Waals surface area contributed by atoms with E-state index >= 15 is 0 Å².